The van der Waals surface area contributed by atoms with Gasteiger partial charge in [-0.15, -0.1) is 0 Å². The third-order valence-electron chi connectivity index (χ3n) is 4.57. The molecule has 1 fully saturated rings. The lowest BCUT2D eigenvalue weighted by molar-refractivity contribution is -0.117. The highest BCUT2D eigenvalue weighted by Gasteiger charge is 2.35. The van der Waals surface area contributed by atoms with Crippen molar-refractivity contribution in [2.75, 3.05) is 5.01 Å². The van der Waals surface area contributed by atoms with E-state index in [2.05, 4.69) is 5.43 Å². The van der Waals surface area contributed by atoms with E-state index in [9.17, 15) is 22.4 Å². The molecule has 11 heteroatoms. The molecule has 0 unspecified atom stereocenters. The van der Waals surface area contributed by atoms with Crippen LogP contribution in [-0.4, -0.2) is 24.8 Å². The molecular formula is C20H14ClFN4O4S. The molecule has 3 aromatic rings. The lowest BCUT2D eigenvalue weighted by Crippen LogP contribution is -2.35. The number of carbonyl (C=O) groups is 2. The van der Waals surface area contributed by atoms with Crippen molar-refractivity contribution in [3.63, 3.8) is 0 Å². The molecule has 158 valence electrons. The number of halogens is 2. The molecule has 0 bridgehead atoms. The summed E-state index contributed by atoms with van der Waals surface area (Å²) >= 11 is 5.77. The molecule has 1 aliphatic rings. The van der Waals surface area contributed by atoms with Gasteiger partial charge in [0.05, 0.1) is 15.6 Å². The van der Waals surface area contributed by atoms with E-state index < -0.39 is 27.7 Å². The molecule has 2 aromatic carbocycles. The fourth-order valence-electron chi connectivity index (χ4n) is 3.05. The van der Waals surface area contributed by atoms with E-state index in [4.69, 9.17) is 16.7 Å². The van der Waals surface area contributed by atoms with Crippen LogP contribution in [-0.2, 0) is 19.6 Å². The molecular weight excluding hydrogens is 447 g/mol. The molecule has 1 aromatic heterocycles. The quantitative estimate of drug-likeness (QED) is 0.459. The SMILES string of the molecule is NS(=O)(=O)c1ccc(-n2cccc2/C=C2\C(=O)NN(c3ccc(F)c(Cl)c3)C2=O)cc1. The van der Waals surface area contributed by atoms with Crippen molar-refractivity contribution in [1.29, 1.82) is 0 Å². The number of sulfonamides is 1. The zero-order valence-electron chi connectivity index (χ0n) is 15.6. The standard InChI is InChI=1S/C20H14ClFN4O4S/c21-17-11-14(5-8-18(17)22)26-20(28)16(19(27)24-26)10-13-2-1-9-25(13)12-3-6-15(7-4-12)31(23,29)30/h1-11H,(H,24,27)(H2,23,29,30)/b16-10+. The normalized spacial score (nSPS) is 15.6. The summed E-state index contributed by atoms with van der Waals surface area (Å²) in [6.45, 7) is 0. The molecule has 0 atom stereocenters. The highest BCUT2D eigenvalue weighted by Crippen LogP contribution is 2.26. The van der Waals surface area contributed by atoms with Gasteiger partial charge >= 0.3 is 0 Å². The van der Waals surface area contributed by atoms with Gasteiger partial charge in [-0.2, -0.15) is 0 Å². The predicted octanol–water partition coefficient (Wildman–Crippen LogP) is 2.38. The van der Waals surface area contributed by atoms with Gasteiger partial charge in [-0.1, -0.05) is 11.6 Å². The minimum Gasteiger partial charge on any atom is -0.317 e. The van der Waals surface area contributed by atoms with Crippen LogP contribution in [0.25, 0.3) is 11.8 Å². The number of anilines is 1. The minimum absolute atomic E-state index is 0.0396. The highest BCUT2D eigenvalue weighted by molar-refractivity contribution is 7.89. The smallest absolute Gasteiger partial charge is 0.282 e. The number of nitrogens with zero attached hydrogens (tertiary/aromatic N) is 2. The van der Waals surface area contributed by atoms with Crippen LogP contribution in [0, 0.1) is 5.82 Å². The highest BCUT2D eigenvalue weighted by atomic mass is 35.5. The zero-order valence-corrected chi connectivity index (χ0v) is 17.2. The van der Waals surface area contributed by atoms with E-state index in [-0.39, 0.29) is 21.2 Å². The lowest BCUT2D eigenvalue weighted by atomic mass is 10.2. The van der Waals surface area contributed by atoms with Crippen molar-refractivity contribution in [3.05, 3.63) is 82.9 Å². The van der Waals surface area contributed by atoms with Gasteiger partial charge in [0.2, 0.25) is 10.0 Å². The van der Waals surface area contributed by atoms with Crippen LogP contribution in [0.4, 0.5) is 10.1 Å². The van der Waals surface area contributed by atoms with Gasteiger partial charge in [0.25, 0.3) is 11.8 Å². The fraction of sp³-hybridized carbons (Fsp3) is 0. The summed E-state index contributed by atoms with van der Waals surface area (Å²) in [4.78, 5) is 25.2. The lowest BCUT2D eigenvalue weighted by Gasteiger charge is -2.14. The molecule has 0 saturated carbocycles. The number of nitrogens with two attached hydrogens (primary N) is 1. The number of amides is 2. The summed E-state index contributed by atoms with van der Waals surface area (Å²) in [6.07, 6.45) is 3.09. The minimum atomic E-state index is -3.83. The monoisotopic (exact) mass is 460 g/mol. The average molecular weight is 461 g/mol. The Balaban J connectivity index is 1.67. The molecule has 0 spiro atoms. The fourth-order valence-corrected chi connectivity index (χ4v) is 3.74. The van der Waals surface area contributed by atoms with E-state index in [1.165, 1.54) is 30.3 Å². The Hall–Kier alpha value is -3.47. The Morgan fingerprint density at radius 3 is 2.35 bits per heavy atom. The number of nitrogens with one attached hydrogen (secondary N) is 1. The Morgan fingerprint density at radius 1 is 1.03 bits per heavy atom. The largest absolute Gasteiger partial charge is 0.317 e. The van der Waals surface area contributed by atoms with Gasteiger partial charge in [-0.3, -0.25) is 15.0 Å². The Labute approximate surface area is 181 Å². The number of hydrogen-bond acceptors (Lipinski definition) is 4. The Kier molecular flexibility index (Phi) is 5.13. The summed E-state index contributed by atoms with van der Waals surface area (Å²) in [7, 11) is -3.83. The number of carbonyl (C=O) groups excluding carboxylic acids is 2. The summed E-state index contributed by atoms with van der Waals surface area (Å²) in [6, 6.07) is 12.8. The second-order valence-corrected chi connectivity index (χ2v) is 8.55. The van der Waals surface area contributed by atoms with Crippen molar-refractivity contribution < 1.29 is 22.4 Å². The maximum atomic E-state index is 13.4. The molecule has 1 aliphatic heterocycles. The van der Waals surface area contributed by atoms with Crippen molar-refractivity contribution in [1.82, 2.24) is 9.99 Å². The third kappa shape index (κ3) is 3.96. The van der Waals surface area contributed by atoms with Crippen LogP contribution in [0.15, 0.2) is 71.3 Å². The van der Waals surface area contributed by atoms with Gasteiger partial charge in [-0.25, -0.2) is 23.0 Å². The molecule has 0 aliphatic carbocycles. The van der Waals surface area contributed by atoms with Gasteiger partial charge < -0.3 is 4.57 Å². The predicted molar refractivity (Wildman–Crippen MR) is 112 cm³/mol. The molecule has 2 heterocycles. The number of hydrogen-bond donors (Lipinski definition) is 2. The van der Waals surface area contributed by atoms with Crippen LogP contribution in [0.2, 0.25) is 5.02 Å². The van der Waals surface area contributed by atoms with Crippen molar-refractivity contribution in [3.8, 4) is 5.69 Å². The molecule has 1 saturated heterocycles. The van der Waals surface area contributed by atoms with Crippen LogP contribution < -0.4 is 15.6 Å². The molecule has 3 N–H and O–H groups in total. The summed E-state index contributed by atoms with van der Waals surface area (Å²) in [5.74, 6) is -1.92. The van der Waals surface area contributed by atoms with E-state index in [0.29, 0.717) is 11.4 Å². The summed E-state index contributed by atoms with van der Waals surface area (Å²) in [5.41, 5.74) is 3.59. The van der Waals surface area contributed by atoms with Gasteiger partial charge in [0, 0.05) is 17.6 Å². The first-order chi connectivity index (χ1) is 14.6. The average Bonchev–Trinajstić information content (AvgIpc) is 3.29. The van der Waals surface area contributed by atoms with Crippen LogP contribution in [0.3, 0.4) is 0 Å². The first-order valence-corrected chi connectivity index (χ1v) is 10.7. The van der Waals surface area contributed by atoms with Crippen molar-refractivity contribution in [2.24, 2.45) is 5.14 Å². The number of primary sulfonamides is 1. The molecule has 31 heavy (non-hydrogen) atoms. The maximum absolute atomic E-state index is 13.4. The second-order valence-electron chi connectivity index (χ2n) is 6.58. The maximum Gasteiger partial charge on any atom is 0.282 e. The van der Waals surface area contributed by atoms with Crippen molar-refractivity contribution >= 4 is 45.2 Å². The summed E-state index contributed by atoms with van der Waals surface area (Å²) < 4.78 is 37.9. The topological polar surface area (TPSA) is 114 Å². The molecule has 2 amide bonds. The van der Waals surface area contributed by atoms with E-state index in [0.717, 1.165) is 11.1 Å². The molecule has 4 rings (SSSR count). The van der Waals surface area contributed by atoms with E-state index >= 15 is 0 Å². The molecule has 8 nitrogen and oxygen atoms in total. The number of hydrazine groups is 1. The molecule has 0 radical (unpaired) electrons. The number of aromatic nitrogens is 1. The van der Waals surface area contributed by atoms with E-state index in [1.807, 2.05) is 0 Å². The third-order valence-corrected chi connectivity index (χ3v) is 5.79. The number of benzene rings is 2. The summed E-state index contributed by atoms with van der Waals surface area (Å²) in [5, 5.41) is 5.91. The van der Waals surface area contributed by atoms with Crippen LogP contribution in [0.1, 0.15) is 5.69 Å². The number of rotatable bonds is 4. The zero-order chi connectivity index (χ0) is 22.3. The first kappa shape index (κ1) is 20.8. The van der Waals surface area contributed by atoms with Crippen LogP contribution >= 0.6 is 11.6 Å². The van der Waals surface area contributed by atoms with Crippen molar-refractivity contribution in [2.45, 2.75) is 4.90 Å². The van der Waals surface area contributed by atoms with Gasteiger partial charge in [-0.05, 0) is 60.7 Å². The first-order valence-electron chi connectivity index (χ1n) is 8.78. The second kappa shape index (κ2) is 7.65. The van der Waals surface area contributed by atoms with E-state index in [1.54, 1.807) is 35.0 Å². The van der Waals surface area contributed by atoms with Crippen LogP contribution in [0.5, 0.6) is 0 Å². The Bertz CT molecular complexity index is 1350. The van der Waals surface area contributed by atoms with Gasteiger partial charge in [0.15, 0.2) is 0 Å². The Morgan fingerprint density at radius 2 is 1.71 bits per heavy atom. The van der Waals surface area contributed by atoms with Gasteiger partial charge in [0.1, 0.15) is 11.4 Å².